The lowest BCUT2D eigenvalue weighted by Crippen LogP contribution is -2.41. The average Bonchev–Trinajstić information content (AvgIpc) is 2.62. The van der Waals surface area contributed by atoms with Gasteiger partial charge >= 0.3 is 7.12 Å². The van der Waals surface area contributed by atoms with Gasteiger partial charge in [-0.25, -0.2) is 4.98 Å². The summed E-state index contributed by atoms with van der Waals surface area (Å²) < 4.78 is 13.1. The molecular weight excluding hydrogens is 366 g/mol. The van der Waals surface area contributed by atoms with Gasteiger partial charge in [-0.3, -0.25) is 0 Å². The van der Waals surface area contributed by atoms with Crippen LogP contribution in [-0.2, 0) is 9.31 Å². The number of rotatable bonds is 4. The van der Waals surface area contributed by atoms with Crippen molar-refractivity contribution in [3.05, 3.63) is 32.9 Å². The van der Waals surface area contributed by atoms with Gasteiger partial charge in [-0.2, -0.15) is 0 Å². The summed E-state index contributed by atoms with van der Waals surface area (Å²) in [6, 6.07) is 1.93. The molecule has 1 N–H and O–H groups in total. The zero-order chi connectivity index (χ0) is 16.5. The van der Waals surface area contributed by atoms with Gasteiger partial charge in [-0.05, 0) is 62.2 Å². The van der Waals surface area contributed by atoms with Crippen LogP contribution in [0.5, 0.6) is 0 Å². The van der Waals surface area contributed by atoms with E-state index >= 15 is 0 Å². The number of halogens is 2. The molecule has 0 spiro atoms. The third-order valence-electron chi connectivity index (χ3n) is 4.11. The maximum atomic E-state index is 6.18. The number of nitrogens with one attached hydrogen (secondary N) is 1. The van der Waals surface area contributed by atoms with Crippen LogP contribution in [0.2, 0.25) is 5.15 Å². The number of nitrogens with zero attached hydrogens (tertiary/aromatic N) is 1. The van der Waals surface area contributed by atoms with Crippen molar-refractivity contribution in [1.29, 1.82) is 0 Å². The van der Waals surface area contributed by atoms with Crippen molar-refractivity contribution in [2.45, 2.75) is 38.9 Å². The minimum atomic E-state index is -0.410. The van der Waals surface area contributed by atoms with Crippen LogP contribution in [0, 0.1) is 0 Å². The van der Waals surface area contributed by atoms with Crippen LogP contribution in [0.4, 0.5) is 0 Å². The Morgan fingerprint density at radius 2 is 1.95 bits per heavy atom. The van der Waals surface area contributed by atoms with Crippen molar-refractivity contribution in [2.75, 3.05) is 13.6 Å². The highest BCUT2D eigenvalue weighted by molar-refractivity contribution is 9.10. The summed E-state index contributed by atoms with van der Waals surface area (Å²) >= 11 is 9.60. The van der Waals surface area contributed by atoms with Crippen molar-refractivity contribution >= 4 is 40.7 Å². The Morgan fingerprint density at radius 1 is 1.36 bits per heavy atom. The van der Waals surface area contributed by atoms with Crippen LogP contribution < -0.4 is 5.32 Å². The van der Waals surface area contributed by atoms with Crippen molar-refractivity contribution in [3.8, 4) is 0 Å². The third kappa shape index (κ3) is 3.74. The van der Waals surface area contributed by atoms with E-state index in [4.69, 9.17) is 20.9 Å². The molecule has 0 amide bonds. The SMILES string of the molecule is CNCC(=Cc1cc(Br)cnc1Cl)B1OC(C)(C)C(C)(C)O1. The van der Waals surface area contributed by atoms with Gasteiger partial charge in [-0.15, -0.1) is 0 Å². The summed E-state index contributed by atoms with van der Waals surface area (Å²) in [7, 11) is 1.48. The maximum absolute atomic E-state index is 6.18. The van der Waals surface area contributed by atoms with Gasteiger partial charge in [0, 0.05) is 22.8 Å². The first-order valence-electron chi connectivity index (χ1n) is 7.18. The molecule has 1 fully saturated rings. The molecule has 0 aromatic carbocycles. The number of likely N-dealkylation sites (N-methyl/N-ethyl adjacent to an activating group) is 1. The first-order chi connectivity index (χ1) is 10.2. The summed E-state index contributed by atoms with van der Waals surface area (Å²) in [4.78, 5) is 4.15. The van der Waals surface area contributed by atoms with E-state index in [0.29, 0.717) is 11.7 Å². The second-order valence-corrected chi connectivity index (χ2v) is 7.65. The van der Waals surface area contributed by atoms with E-state index in [1.54, 1.807) is 6.20 Å². The molecule has 1 aliphatic rings. The normalized spacial score (nSPS) is 20.5. The minimum absolute atomic E-state index is 0.371. The molecule has 2 heterocycles. The molecule has 120 valence electrons. The smallest absolute Gasteiger partial charge is 0.400 e. The second-order valence-electron chi connectivity index (χ2n) is 6.37. The lowest BCUT2D eigenvalue weighted by Gasteiger charge is -2.32. The lowest BCUT2D eigenvalue weighted by molar-refractivity contribution is 0.00578. The van der Waals surface area contributed by atoms with Gasteiger partial charge in [-0.1, -0.05) is 17.7 Å². The predicted octanol–water partition coefficient (Wildman–Crippen LogP) is 3.73. The molecule has 0 bridgehead atoms. The highest BCUT2D eigenvalue weighted by Crippen LogP contribution is 2.39. The third-order valence-corrected chi connectivity index (χ3v) is 4.86. The summed E-state index contributed by atoms with van der Waals surface area (Å²) in [5.74, 6) is 0. The molecule has 1 saturated heterocycles. The van der Waals surface area contributed by atoms with Gasteiger partial charge in [0.15, 0.2) is 0 Å². The fourth-order valence-corrected chi connectivity index (χ4v) is 2.65. The Balaban J connectivity index is 2.35. The van der Waals surface area contributed by atoms with Crippen LogP contribution in [-0.4, -0.2) is 36.9 Å². The van der Waals surface area contributed by atoms with Crippen LogP contribution in [0.15, 0.2) is 22.2 Å². The Kier molecular flexibility index (Phi) is 5.40. The lowest BCUT2D eigenvalue weighted by atomic mass is 9.77. The van der Waals surface area contributed by atoms with Crippen LogP contribution >= 0.6 is 27.5 Å². The molecule has 0 aliphatic carbocycles. The molecule has 22 heavy (non-hydrogen) atoms. The van der Waals surface area contributed by atoms with E-state index in [0.717, 1.165) is 15.5 Å². The van der Waals surface area contributed by atoms with Gasteiger partial charge < -0.3 is 14.6 Å². The van der Waals surface area contributed by atoms with Gasteiger partial charge in [0.05, 0.1) is 11.2 Å². The van der Waals surface area contributed by atoms with E-state index in [2.05, 4.69) is 26.2 Å². The molecule has 7 heteroatoms. The largest absolute Gasteiger partial charge is 0.491 e. The fourth-order valence-electron chi connectivity index (χ4n) is 2.14. The summed E-state index contributed by atoms with van der Waals surface area (Å²) in [6.07, 6.45) is 3.64. The Hall–Kier alpha value is -0.395. The molecular formula is C15H21BBrClN2O2. The summed E-state index contributed by atoms with van der Waals surface area (Å²) in [5, 5.41) is 3.60. The Labute approximate surface area is 145 Å². The number of hydrogen-bond donors (Lipinski definition) is 1. The Morgan fingerprint density at radius 3 is 2.50 bits per heavy atom. The topological polar surface area (TPSA) is 43.4 Å². The first-order valence-corrected chi connectivity index (χ1v) is 8.35. The number of aromatic nitrogens is 1. The first kappa shape index (κ1) is 18.0. The fraction of sp³-hybridized carbons (Fsp3) is 0.533. The summed E-state index contributed by atoms with van der Waals surface area (Å²) in [6.45, 7) is 8.80. The van der Waals surface area contributed by atoms with Crippen LogP contribution in [0.3, 0.4) is 0 Å². The molecule has 1 aliphatic heterocycles. The quantitative estimate of drug-likeness (QED) is 0.632. The van der Waals surface area contributed by atoms with E-state index in [-0.39, 0.29) is 11.2 Å². The predicted molar refractivity (Wildman–Crippen MR) is 94.9 cm³/mol. The van der Waals surface area contributed by atoms with Crippen molar-refractivity contribution in [3.63, 3.8) is 0 Å². The minimum Gasteiger partial charge on any atom is -0.400 e. The van der Waals surface area contributed by atoms with Gasteiger partial charge in [0.1, 0.15) is 5.15 Å². The second kappa shape index (κ2) is 6.61. The van der Waals surface area contributed by atoms with Gasteiger partial charge in [0.2, 0.25) is 0 Å². The molecule has 0 unspecified atom stereocenters. The van der Waals surface area contributed by atoms with Crippen molar-refractivity contribution < 1.29 is 9.31 Å². The zero-order valence-corrected chi connectivity index (χ0v) is 15.9. The van der Waals surface area contributed by atoms with E-state index in [1.165, 1.54) is 0 Å². The molecule has 1 aromatic heterocycles. The van der Waals surface area contributed by atoms with Crippen molar-refractivity contribution in [2.24, 2.45) is 0 Å². The van der Waals surface area contributed by atoms with Crippen LogP contribution in [0.1, 0.15) is 33.3 Å². The highest BCUT2D eigenvalue weighted by Gasteiger charge is 2.52. The molecule has 0 saturated carbocycles. The molecule has 0 radical (unpaired) electrons. The average molecular weight is 388 g/mol. The number of hydrogen-bond acceptors (Lipinski definition) is 4. The maximum Gasteiger partial charge on any atom is 0.491 e. The van der Waals surface area contributed by atoms with Gasteiger partial charge in [0.25, 0.3) is 0 Å². The molecule has 0 atom stereocenters. The number of pyridine rings is 1. The van der Waals surface area contributed by atoms with Crippen LogP contribution in [0.25, 0.3) is 6.08 Å². The monoisotopic (exact) mass is 386 g/mol. The van der Waals surface area contributed by atoms with E-state index in [1.807, 2.05) is 46.9 Å². The molecule has 2 rings (SSSR count). The standard InChI is InChI=1S/C15H21BBrClN2O2/c1-14(2)15(3,4)22-16(21-14)11(8-19-5)6-10-7-12(17)9-20-13(10)18/h6-7,9,19H,8H2,1-5H3. The summed E-state index contributed by atoms with van der Waals surface area (Å²) in [5.41, 5.74) is 1.06. The highest BCUT2D eigenvalue weighted by atomic mass is 79.9. The van der Waals surface area contributed by atoms with Crippen molar-refractivity contribution in [1.82, 2.24) is 10.3 Å². The van der Waals surface area contributed by atoms with E-state index < -0.39 is 7.12 Å². The zero-order valence-electron chi connectivity index (χ0n) is 13.5. The van der Waals surface area contributed by atoms with E-state index in [9.17, 15) is 0 Å². The molecule has 1 aromatic rings. The molecule has 4 nitrogen and oxygen atoms in total. The Bertz CT molecular complexity index is 577.